The van der Waals surface area contributed by atoms with E-state index in [0.29, 0.717) is 17.1 Å². The van der Waals surface area contributed by atoms with Gasteiger partial charge in [-0.15, -0.1) is 0 Å². The highest BCUT2D eigenvalue weighted by molar-refractivity contribution is 6.33. The number of hydrogen-bond acceptors (Lipinski definition) is 1. The highest BCUT2D eigenvalue weighted by Gasteiger charge is 2.12. The molecule has 1 amide bonds. The zero-order valence-electron chi connectivity index (χ0n) is 13.3. The van der Waals surface area contributed by atoms with E-state index in [-0.39, 0.29) is 5.91 Å². The van der Waals surface area contributed by atoms with E-state index in [1.54, 1.807) is 12.1 Å². The van der Waals surface area contributed by atoms with Gasteiger partial charge in [-0.3, -0.25) is 4.79 Å². The molecule has 23 heavy (non-hydrogen) atoms. The first-order valence-corrected chi connectivity index (χ1v) is 8.03. The Morgan fingerprint density at radius 2 is 1.83 bits per heavy atom. The number of para-hydroxylation sites is 1. The Bertz CT molecular complexity index is 867. The maximum atomic E-state index is 12.2. The summed E-state index contributed by atoms with van der Waals surface area (Å²) in [6, 6.07) is 15.4. The number of nitrogens with zero attached hydrogens (tertiary/aromatic N) is 1. The molecule has 118 valence electrons. The van der Waals surface area contributed by atoms with Crippen LogP contribution in [0.25, 0.3) is 10.9 Å². The largest absolute Gasteiger partial charge is 0.352 e. The van der Waals surface area contributed by atoms with E-state index < -0.39 is 0 Å². The van der Waals surface area contributed by atoms with Gasteiger partial charge in [0.15, 0.2) is 0 Å². The zero-order valence-corrected chi connectivity index (χ0v) is 14.0. The van der Waals surface area contributed by atoms with Gasteiger partial charge in [0.1, 0.15) is 0 Å². The summed E-state index contributed by atoms with van der Waals surface area (Å²) in [4.78, 5) is 12.2. The molecule has 3 rings (SSSR count). The van der Waals surface area contributed by atoms with Crippen molar-refractivity contribution < 1.29 is 4.79 Å². The third kappa shape index (κ3) is 2.97. The van der Waals surface area contributed by atoms with Crippen molar-refractivity contribution in [2.24, 2.45) is 7.05 Å². The van der Waals surface area contributed by atoms with Crippen LogP contribution in [0.2, 0.25) is 5.02 Å². The van der Waals surface area contributed by atoms with Crippen LogP contribution in [0.1, 0.15) is 21.6 Å². The summed E-state index contributed by atoms with van der Waals surface area (Å²) in [7, 11) is 2.07. The van der Waals surface area contributed by atoms with E-state index in [4.69, 9.17) is 11.6 Å². The number of carbonyl (C=O) groups is 1. The van der Waals surface area contributed by atoms with Gasteiger partial charge in [-0.05, 0) is 37.1 Å². The third-order valence-electron chi connectivity index (χ3n) is 4.31. The van der Waals surface area contributed by atoms with E-state index >= 15 is 0 Å². The SMILES string of the molecule is Cc1c(CCNC(=O)c2ccccc2Cl)c2ccccc2n1C. The maximum Gasteiger partial charge on any atom is 0.252 e. The van der Waals surface area contributed by atoms with Crippen molar-refractivity contribution in [1.29, 1.82) is 0 Å². The van der Waals surface area contributed by atoms with Crippen LogP contribution < -0.4 is 5.32 Å². The number of benzene rings is 2. The lowest BCUT2D eigenvalue weighted by molar-refractivity contribution is 0.0954. The Morgan fingerprint density at radius 1 is 1.13 bits per heavy atom. The molecule has 0 spiro atoms. The highest BCUT2D eigenvalue weighted by Crippen LogP contribution is 2.25. The van der Waals surface area contributed by atoms with Crippen LogP contribution in [0.4, 0.5) is 0 Å². The summed E-state index contributed by atoms with van der Waals surface area (Å²) in [6.45, 7) is 2.70. The molecule has 3 nitrogen and oxygen atoms in total. The van der Waals surface area contributed by atoms with Gasteiger partial charge in [0.05, 0.1) is 10.6 Å². The van der Waals surface area contributed by atoms with Crippen molar-refractivity contribution >= 4 is 28.4 Å². The van der Waals surface area contributed by atoms with Crippen molar-refractivity contribution in [3.8, 4) is 0 Å². The summed E-state index contributed by atoms with van der Waals surface area (Å²) in [5, 5.41) is 4.68. The van der Waals surface area contributed by atoms with Crippen LogP contribution >= 0.6 is 11.6 Å². The van der Waals surface area contributed by atoms with Gasteiger partial charge < -0.3 is 9.88 Å². The second-order valence-electron chi connectivity index (χ2n) is 5.63. The maximum absolute atomic E-state index is 12.2. The molecule has 1 N–H and O–H groups in total. The van der Waals surface area contributed by atoms with Gasteiger partial charge >= 0.3 is 0 Å². The monoisotopic (exact) mass is 326 g/mol. The van der Waals surface area contributed by atoms with E-state index in [2.05, 4.69) is 36.0 Å². The Labute approximate surface area is 140 Å². The Morgan fingerprint density at radius 3 is 2.61 bits per heavy atom. The lowest BCUT2D eigenvalue weighted by atomic mass is 10.1. The number of carbonyl (C=O) groups excluding carboxylic acids is 1. The van der Waals surface area contributed by atoms with Gasteiger partial charge in [0.2, 0.25) is 0 Å². The summed E-state index contributed by atoms with van der Waals surface area (Å²) >= 11 is 6.06. The average Bonchev–Trinajstić information content (AvgIpc) is 2.80. The van der Waals surface area contributed by atoms with E-state index in [1.165, 1.54) is 22.2 Å². The fourth-order valence-electron chi connectivity index (χ4n) is 2.96. The molecular weight excluding hydrogens is 308 g/mol. The fourth-order valence-corrected chi connectivity index (χ4v) is 3.18. The number of aryl methyl sites for hydroxylation is 1. The minimum absolute atomic E-state index is 0.131. The van der Waals surface area contributed by atoms with Crippen molar-refractivity contribution in [3.05, 3.63) is 70.4 Å². The molecule has 2 aromatic carbocycles. The lowest BCUT2D eigenvalue weighted by Crippen LogP contribution is -2.26. The van der Waals surface area contributed by atoms with Gasteiger partial charge in [-0.1, -0.05) is 41.9 Å². The topological polar surface area (TPSA) is 34.0 Å². The molecule has 0 atom stereocenters. The molecule has 0 aliphatic carbocycles. The van der Waals surface area contributed by atoms with Crippen LogP contribution in [-0.2, 0) is 13.5 Å². The number of nitrogens with one attached hydrogen (secondary N) is 1. The van der Waals surface area contributed by atoms with Crippen molar-refractivity contribution in [3.63, 3.8) is 0 Å². The second-order valence-corrected chi connectivity index (χ2v) is 6.03. The molecule has 1 aromatic heterocycles. The standard InChI is InChI=1S/C19H19ClN2O/c1-13-14(15-7-4-6-10-18(15)22(13)2)11-12-21-19(23)16-8-3-5-9-17(16)20/h3-10H,11-12H2,1-2H3,(H,21,23). The number of halogens is 1. The molecule has 0 fully saturated rings. The first kappa shape index (κ1) is 15.6. The summed E-state index contributed by atoms with van der Waals surface area (Å²) in [6.07, 6.45) is 0.795. The number of rotatable bonds is 4. The summed E-state index contributed by atoms with van der Waals surface area (Å²) in [5.41, 5.74) is 4.25. The van der Waals surface area contributed by atoms with Crippen molar-refractivity contribution in [2.45, 2.75) is 13.3 Å². The second kappa shape index (κ2) is 6.47. The quantitative estimate of drug-likeness (QED) is 0.769. The Kier molecular flexibility index (Phi) is 4.39. The summed E-state index contributed by atoms with van der Waals surface area (Å²) < 4.78 is 2.19. The molecule has 0 unspecified atom stereocenters. The predicted molar refractivity (Wildman–Crippen MR) is 95.1 cm³/mol. The minimum atomic E-state index is -0.131. The van der Waals surface area contributed by atoms with Crippen LogP contribution in [0, 0.1) is 6.92 Å². The molecule has 3 aromatic rings. The van der Waals surface area contributed by atoms with Gasteiger partial charge in [-0.25, -0.2) is 0 Å². The highest BCUT2D eigenvalue weighted by atomic mass is 35.5. The molecule has 1 heterocycles. The average molecular weight is 327 g/mol. The molecule has 0 aliphatic rings. The molecule has 0 bridgehead atoms. The zero-order chi connectivity index (χ0) is 16.4. The minimum Gasteiger partial charge on any atom is -0.352 e. The third-order valence-corrected chi connectivity index (χ3v) is 4.64. The number of hydrogen-bond donors (Lipinski definition) is 1. The number of amides is 1. The van der Waals surface area contributed by atoms with Crippen molar-refractivity contribution in [1.82, 2.24) is 9.88 Å². The number of aromatic nitrogens is 1. The molecule has 4 heteroatoms. The number of fused-ring (bicyclic) bond motifs is 1. The first-order valence-electron chi connectivity index (χ1n) is 7.65. The fraction of sp³-hybridized carbons (Fsp3) is 0.211. The van der Waals surface area contributed by atoms with E-state index in [1.807, 2.05) is 24.3 Å². The molecule has 0 radical (unpaired) electrons. The Balaban J connectivity index is 1.74. The van der Waals surface area contributed by atoms with Crippen LogP contribution in [-0.4, -0.2) is 17.0 Å². The lowest BCUT2D eigenvalue weighted by Gasteiger charge is -2.07. The molecule has 0 saturated heterocycles. The van der Waals surface area contributed by atoms with Gasteiger partial charge in [0.25, 0.3) is 5.91 Å². The van der Waals surface area contributed by atoms with Crippen molar-refractivity contribution in [2.75, 3.05) is 6.54 Å². The predicted octanol–water partition coefficient (Wildman–Crippen LogP) is 4.11. The smallest absolute Gasteiger partial charge is 0.252 e. The van der Waals surface area contributed by atoms with E-state index in [9.17, 15) is 4.79 Å². The Hall–Kier alpha value is -2.26. The van der Waals surface area contributed by atoms with Crippen LogP contribution in [0.15, 0.2) is 48.5 Å². The van der Waals surface area contributed by atoms with Crippen LogP contribution in [0.5, 0.6) is 0 Å². The molecule has 0 aliphatic heterocycles. The molecule has 0 saturated carbocycles. The molecular formula is C19H19ClN2O. The summed E-state index contributed by atoms with van der Waals surface area (Å²) in [5.74, 6) is -0.131. The van der Waals surface area contributed by atoms with Gasteiger partial charge in [-0.2, -0.15) is 0 Å². The van der Waals surface area contributed by atoms with E-state index in [0.717, 1.165) is 6.42 Å². The normalized spacial score (nSPS) is 10.9. The first-order chi connectivity index (χ1) is 11.1. The van der Waals surface area contributed by atoms with Crippen LogP contribution in [0.3, 0.4) is 0 Å². The van der Waals surface area contributed by atoms with Gasteiger partial charge in [0, 0.05) is 30.2 Å².